The van der Waals surface area contributed by atoms with E-state index in [1.807, 2.05) is 18.2 Å². The Bertz CT molecular complexity index is 864. The molecule has 0 N–H and O–H groups in total. The van der Waals surface area contributed by atoms with E-state index in [2.05, 4.69) is 10.2 Å². The fraction of sp³-hybridized carbons (Fsp3) is 0.250. The van der Waals surface area contributed by atoms with Gasteiger partial charge in [-0.1, -0.05) is 18.2 Å². The van der Waals surface area contributed by atoms with Crippen molar-refractivity contribution < 1.29 is 9.21 Å². The first-order valence-electron chi connectivity index (χ1n) is 6.97. The topological polar surface area (TPSA) is 75.2 Å². The molecule has 0 atom stereocenters. The quantitative estimate of drug-likeness (QED) is 0.484. The monoisotopic (exact) mass is 297 g/mol. The molecule has 1 amide bonds. The van der Waals surface area contributed by atoms with Gasteiger partial charge in [-0.3, -0.25) is 4.79 Å². The summed E-state index contributed by atoms with van der Waals surface area (Å²) >= 11 is 0. The van der Waals surface area contributed by atoms with Crippen LogP contribution in [0.2, 0.25) is 0 Å². The molecule has 0 bridgehead atoms. The Morgan fingerprint density at radius 1 is 1.23 bits per heavy atom. The van der Waals surface area contributed by atoms with Crippen molar-refractivity contribution in [2.24, 2.45) is 10.2 Å². The number of hydrogen-bond acceptors (Lipinski definition) is 5. The van der Waals surface area contributed by atoms with Crippen molar-refractivity contribution >= 4 is 28.4 Å². The van der Waals surface area contributed by atoms with Gasteiger partial charge in [0, 0.05) is 25.3 Å². The van der Waals surface area contributed by atoms with Crippen LogP contribution in [0, 0.1) is 0 Å². The summed E-state index contributed by atoms with van der Waals surface area (Å²) in [5, 5.41) is 8.99. The molecule has 0 spiro atoms. The van der Waals surface area contributed by atoms with Crippen LogP contribution in [0.4, 0.5) is 0 Å². The molecule has 0 aliphatic carbocycles. The number of amides is 1. The lowest BCUT2D eigenvalue weighted by molar-refractivity contribution is -0.124. The van der Waals surface area contributed by atoms with Crippen LogP contribution >= 0.6 is 0 Å². The third-order valence-electron chi connectivity index (χ3n) is 3.67. The predicted octanol–water partition coefficient (Wildman–Crippen LogP) is 2.17. The van der Waals surface area contributed by atoms with Crippen molar-refractivity contribution in [1.82, 2.24) is 4.90 Å². The van der Waals surface area contributed by atoms with Crippen LogP contribution in [0.15, 0.2) is 49.7 Å². The molecule has 1 aromatic heterocycles. The second kappa shape index (κ2) is 5.55. The van der Waals surface area contributed by atoms with Crippen molar-refractivity contribution in [1.29, 1.82) is 0 Å². The molecular formula is C16H15N3O3. The van der Waals surface area contributed by atoms with Crippen LogP contribution in [0.25, 0.3) is 11.0 Å². The highest BCUT2D eigenvalue weighted by atomic mass is 16.4. The van der Waals surface area contributed by atoms with E-state index in [-0.39, 0.29) is 5.91 Å². The number of fused-ring (bicyclic) bond motifs is 1. The zero-order chi connectivity index (χ0) is 15.7. The molecular weight excluding hydrogens is 282 g/mol. The second-order valence-corrected chi connectivity index (χ2v) is 5.14. The van der Waals surface area contributed by atoms with Crippen LogP contribution in [-0.2, 0) is 4.79 Å². The maximum atomic E-state index is 12.0. The Morgan fingerprint density at radius 2 is 2.00 bits per heavy atom. The number of nitrogens with zero attached hydrogens (tertiary/aromatic N) is 3. The average molecular weight is 297 g/mol. The van der Waals surface area contributed by atoms with Crippen molar-refractivity contribution in [3.05, 3.63) is 46.3 Å². The molecule has 3 rings (SSSR count). The maximum Gasteiger partial charge on any atom is 0.345 e. The van der Waals surface area contributed by atoms with Gasteiger partial charge in [0.15, 0.2) is 0 Å². The van der Waals surface area contributed by atoms with E-state index in [4.69, 9.17) is 4.42 Å². The number of carbonyl (C=O) groups excluding carboxylic acids is 1. The van der Waals surface area contributed by atoms with Crippen LogP contribution in [0.1, 0.15) is 25.3 Å². The highest BCUT2D eigenvalue weighted by Gasteiger charge is 2.23. The molecule has 0 radical (unpaired) electrons. The summed E-state index contributed by atoms with van der Waals surface area (Å²) in [7, 11) is 1.67. The molecule has 0 unspecified atom stereocenters. The first-order valence-corrected chi connectivity index (χ1v) is 6.97. The summed E-state index contributed by atoms with van der Waals surface area (Å²) < 4.78 is 5.27. The number of carbonyl (C=O) groups is 1. The standard InChI is InChI=1S/C16H15N3O3/c1-10(17-18-14-7-8-15(20)19(14)2)12-9-11-5-3-4-6-13(11)22-16(12)21/h3-6,9H,7-8H2,1-2H3/b17-10+,18-14-. The molecule has 1 fully saturated rings. The number of rotatable bonds is 2. The summed E-state index contributed by atoms with van der Waals surface area (Å²) in [5.41, 5.74) is 0.919. The highest BCUT2D eigenvalue weighted by molar-refractivity contribution is 6.05. The van der Waals surface area contributed by atoms with E-state index in [1.54, 1.807) is 26.1 Å². The van der Waals surface area contributed by atoms with Gasteiger partial charge in [0.2, 0.25) is 5.91 Å². The van der Waals surface area contributed by atoms with Gasteiger partial charge in [-0.2, -0.15) is 5.10 Å². The lowest BCUT2D eigenvalue weighted by Crippen LogP contribution is -2.23. The van der Waals surface area contributed by atoms with Gasteiger partial charge < -0.3 is 9.32 Å². The zero-order valence-corrected chi connectivity index (χ0v) is 12.4. The zero-order valence-electron chi connectivity index (χ0n) is 12.4. The normalized spacial score (nSPS) is 17.7. The third kappa shape index (κ3) is 2.55. The van der Waals surface area contributed by atoms with E-state index >= 15 is 0 Å². The maximum absolute atomic E-state index is 12.0. The minimum Gasteiger partial charge on any atom is -0.422 e. The number of amidine groups is 1. The average Bonchev–Trinajstić information content (AvgIpc) is 2.83. The molecule has 1 aliphatic rings. The summed E-state index contributed by atoms with van der Waals surface area (Å²) in [5.74, 6) is 0.631. The number of likely N-dealkylation sites (tertiary alicyclic amines) is 1. The summed E-state index contributed by atoms with van der Waals surface area (Å²) in [6, 6.07) is 9.03. The first kappa shape index (κ1) is 14.2. The number of hydrogen-bond donors (Lipinski definition) is 0. The lowest BCUT2D eigenvalue weighted by Gasteiger charge is -2.07. The van der Waals surface area contributed by atoms with Crippen LogP contribution in [0.3, 0.4) is 0 Å². The minimum atomic E-state index is -0.448. The first-order chi connectivity index (χ1) is 10.6. The van der Waals surface area contributed by atoms with Gasteiger partial charge in [0.05, 0.1) is 11.3 Å². The number of para-hydroxylation sites is 1. The Balaban J connectivity index is 1.98. The Kier molecular flexibility index (Phi) is 3.58. The van der Waals surface area contributed by atoms with E-state index in [0.717, 1.165) is 5.39 Å². The molecule has 6 heteroatoms. The van der Waals surface area contributed by atoms with Crippen LogP contribution in [-0.4, -0.2) is 29.4 Å². The Hall–Kier alpha value is -2.76. The Labute approximate surface area is 126 Å². The van der Waals surface area contributed by atoms with Crippen molar-refractivity contribution in [3.8, 4) is 0 Å². The molecule has 0 saturated carbocycles. The van der Waals surface area contributed by atoms with E-state index in [9.17, 15) is 9.59 Å². The van der Waals surface area contributed by atoms with Crippen LogP contribution < -0.4 is 5.63 Å². The summed E-state index contributed by atoms with van der Waals surface area (Å²) in [6.07, 6.45) is 1.01. The van der Waals surface area contributed by atoms with Gasteiger partial charge in [-0.05, 0) is 19.1 Å². The molecule has 1 aromatic carbocycles. The van der Waals surface area contributed by atoms with E-state index in [0.29, 0.717) is 35.5 Å². The summed E-state index contributed by atoms with van der Waals surface area (Å²) in [4.78, 5) is 24.9. The molecule has 112 valence electrons. The molecule has 6 nitrogen and oxygen atoms in total. The van der Waals surface area contributed by atoms with Crippen molar-refractivity contribution in [2.75, 3.05) is 7.05 Å². The molecule has 1 saturated heterocycles. The smallest absolute Gasteiger partial charge is 0.345 e. The van der Waals surface area contributed by atoms with Gasteiger partial charge in [-0.25, -0.2) is 4.79 Å². The van der Waals surface area contributed by atoms with Gasteiger partial charge in [0.1, 0.15) is 11.4 Å². The third-order valence-corrected chi connectivity index (χ3v) is 3.67. The largest absolute Gasteiger partial charge is 0.422 e. The van der Waals surface area contributed by atoms with Crippen LogP contribution in [0.5, 0.6) is 0 Å². The fourth-order valence-electron chi connectivity index (χ4n) is 2.32. The lowest BCUT2D eigenvalue weighted by atomic mass is 10.1. The number of benzene rings is 1. The van der Waals surface area contributed by atoms with Gasteiger partial charge in [-0.15, -0.1) is 5.10 Å². The predicted molar refractivity (Wildman–Crippen MR) is 84.1 cm³/mol. The minimum absolute atomic E-state index is 0.0248. The molecule has 2 heterocycles. The second-order valence-electron chi connectivity index (χ2n) is 5.14. The van der Waals surface area contributed by atoms with E-state index in [1.165, 1.54) is 4.90 Å². The fourth-order valence-corrected chi connectivity index (χ4v) is 2.32. The Morgan fingerprint density at radius 3 is 2.73 bits per heavy atom. The molecule has 2 aromatic rings. The summed E-state index contributed by atoms with van der Waals surface area (Å²) in [6.45, 7) is 1.70. The van der Waals surface area contributed by atoms with Gasteiger partial charge in [0.25, 0.3) is 0 Å². The SMILES string of the molecule is C/C(=N\N=C1\CCC(=O)N1C)c1cc2ccccc2oc1=O. The van der Waals surface area contributed by atoms with Crippen molar-refractivity contribution in [3.63, 3.8) is 0 Å². The van der Waals surface area contributed by atoms with E-state index < -0.39 is 5.63 Å². The molecule has 22 heavy (non-hydrogen) atoms. The molecule has 1 aliphatic heterocycles. The van der Waals surface area contributed by atoms with Crippen molar-refractivity contribution in [2.45, 2.75) is 19.8 Å². The highest BCUT2D eigenvalue weighted by Crippen LogP contribution is 2.14. The van der Waals surface area contributed by atoms with Gasteiger partial charge >= 0.3 is 5.63 Å².